The molecule has 0 radical (unpaired) electrons. The summed E-state index contributed by atoms with van der Waals surface area (Å²) in [6.07, 6.45) is 3.50. The lowest BCUT2D eigenvalue weighted by Crippen LogP contribution is -2.42. The van der Waals surface area contributed by atoms with E-state index in [4.69, 9.17) is 21.8 Å². The summed E-state index contributed by atoms with van der Waals surface area (Å²) in [7, 11) is 0. The number of hydrogen-bond acceptors (Lipinski definition) is 4. The number of aliphatic hydroxyl groups excluding tert-OH is 1. The number of halogens is 2. The second-order valence-corrected chi connectivity index (χ2v) is 8.67. The summed E-state index contributed by atoms with van der Waals surface area (Å²) in [5, 5.41) is 29.3. The van der Waals surface area contributed by atoms with Gasteiger partial charge in [-0.2, -0.15) is 0 Å². The van der Waals surface area contributed by atoms with Crippen molar-refractivity contribution in [3.8, 4) is 0 Å². The number of anilines is 1. The van der Waals surface area contributed by atoms with Crippen molar-refractivity contribution in [3.05, 3.63) is 41.2 Å². The molecule has 0 aromatic heterocycles. The topological polar surface area (TPSA) is 107 Å². The molecule has 2 atom stereocenters. The highest BCUT2D eigenvalue weighted by atomic mass is 35.5. The molecule has 0 heterocycles. The molecular formula is C20H27ClFNO5. The predicted octanol–water partition coefficient (Wildman–Crippen LogP) is 4.18. The quantitative estimate of drug-likeness (QED) is 0.537. The minimum atomic E-state index is -1.26. The van der Waals surface area contributed by atoms with Crippen molar-refractivity contribution in [2.24, 2.45) is 10.8 Å². The molecule has 0 aliphatic heterocycles. The zero-order valence-corrected chi connectivity index (χ0v) is 17.0. The van der Waals surface area contributed by atoms with E-state index in [0.29, 0.717) is 29.4 Å². The molecule has 0 saturated heterocycles. The van der Waals surface area contributed by atoms with Gasteiger partial charge in [-0.25, -0.2) is 14.0 Å². The summed E-state index contributed by atoms with van der Waals surface area (Å²) in [5.41, 5.74) is 0.822. The highest BCUT2D eigenvalue weighted by Gasteiger charge is 2.40. The van der Waals surface area contributed by atoms with Gasteiger partial charge in [0, 0.05) is 29.4 Å². The maximum absolute atomic E-state index is 13.3. The Bertz CT molecular complexity index is 701. The molecule has 2 rings (SSSR count). The van der Waals surface area contributed by atoms with Crippen molar-refractivity contribution in [1.82, 2.24) is 0 Å². The number of carboxylic acid groups (broad SMARTS) is 2. The van der Waals surface area contributed by atoms with Crippen molar-refractivity contribution in [3.63, 3.8) is 0 Å². The number of rotatable bonds is 5. The Balaban J connectivity index is 0.000000416. The van der Waals surface area contributed by atoms with Crippen molar-refractivity contribution < 1.29 is 29.3 Å². The van der Waals surface area contributed by atoms with Crippen molar-refractivity contribution in [2.45, 2.75) is 46.1 Å². The summed E-state index contributed by atoms with van der Waals surface area (Å²) in [4.78, 5) is 19.1. The van der Waals surface area contributed by atoms with Crippen molar-refractivity contribution >= 4 is 29.2 Å². The third kappa shape index (κ3) is 9.19. The van der Waals surface area contributed by atoms with Crippen LogP contribution in [-0.4, -0.2) is 39.9 Å². The molecule has 0 bridgehead atoms. The average Bonchev–Trinajstić information content (AvgIpc) is 2.48. The number of hydrogen-bond donors (Lipinski definition) is 4. The highest BCUT2D eigenvalue weighted by Crippen LogP contribution is 2.46. The van der Waals surface area contributed by atoms with Crippen LogP contribution in [0, 0.1) is 16.6 Å². The molecule has 0 spiro atoms. The molecule has 1 aromatic carbocycles. The molecule has 0 amide bonds. The Morgan fingerprint density at radius 1 is 1.18 bits per heavy atom. The smallest absolute Gasteiger partial charge is 0.328 e. The molecule has 1 aliphatic rings. The second kappa shape index (κ2) is 9.89. The molecule has 2 unspecified atom stereocenters. The molecular weight excluding hydrogens is 389 g/mol. The number of carboxylic acids is 2. The molecule has 6 nitrogen and oxygen atoms in total. The third-order valence-corrected chi connectivity index (χ3v) is 4.59. The van der Waals surface area contributed by atoms with Gasteiger partial charge in [0.05, 0.1) is 6.10 Å². The first-order valence-electron chi connectivity index (χ1n) is 8.82. The van der Waals surface area contributed by atoms with Crippen LogP contribution in [0.25, 0.3) is 0 Å². The van der Waals surface area contributed by atoms with Crippen LogP contribution in [-0.2, 0) is 9.59 Å². The molecule has 8 heteroatoms. The fourth-order valence-electron chi connectivity index (χ4n) is 3.83. The number of carbonyl (C=O) groups is 2. The molecule has 28 heavy (non-hydrogen) atoms. The van der Waals surface area contributed by atoms with Gasteiger partial charge in [0.2, 0.25) is 0 Å². The fourth-order valence-corrected chi connectivity index (χ4v) is 4.05. The van der Waals surface area contributed by atoms with Gasteiger partial charge in [-0.05, 0) is 48.3 Å². The van der Waals surface area contributed by atoms with Gasteiger partial charge in [-0.15, -0.1) is 0 Å². The monoisotopic (exact) mass is 415 g/mol. The molecule has 1 saturated carbocycles. The minimum absolute atomic E-state index is 0.0000392. The maximum atomic E-state index is 13.3. The lowest BCUT2D eigenvalue weighted by Gasteiger charge is -2.45. The third-order valence-electron chi connectivity index (χ3n) is 4.37. The number of benzene rings is 1. The van der Waals surface area contributed by atoms with E-state index < -0.39 is 11.9 Å². The van der Waals surface area contributed by atoms with Gasteiger partial charge in [0.25, 0.3) is 0 Å². The second-order valence-electron chi connectivity index (χ2n) is 8.24. The first kappa shape index (κ1) is 23.9. The van der Waals surface area contributed by atoms with Crippen LogP contribution >= 0.6 is 11.6 Å². The van der Waals surface area contributed by atoms with E-state index in [1.165, 1.54) is 12.1 Å². The van der Waals surface area contributed by atoms with Crippen LogP contribution in [0.2, 0.25) is 5.02 Å². The van der Waals surface area contributed by atoms with E-state index in [2.05, 4.69) is 26.1 Å². The van der Waals surface area contributed by atoms with E-state index in [1.54, 1.807) is 6.07 Å². The lowest BCUT2D eigenvalue weighted by atomic mass is 9.63. The van der Waals surface area contributed by atoms with E-state index >= 15 is 0 Å². The fraction of sp³-hybridized carbons (Fsp3) is 0.500. The van der Waals surface area contributed by atoms with Crippen molar-refractivity contribution in [1.29, 1.82) is 0 Å². The van der Waals surface area contributed by atoms with Gasteiger partial charge in [0.15, 0.2) is 0 Å². The zero-order valence-electron chi connectivity index (χ0n) is 16.2. The van der Waals surface area contributed by atoms with Crippen LogP contribution in [0.15, 0.2) is 30.4 Å². The van der Waals surface area contributed by atoms with E-state index in [1.807, 2.05) is 0 Å². The normalized spacial score (nSPS) is 23.6. The van der Waals surface area contributed by atoms with Gasteiger partial charge < -0.3 is 20.6 Å². The molecule has 1 aromatic rings. The van der Waals surface area contributed by atoms with Gasteiger partial charge in [0.1, 0.15) is 5.82 Å². The van der Waals surface area contributed by atoms with E-state index in [0.717, 1.165) is 19.3 Å². The standard InChI is InChI=1S/C16H23ClFNO.C4H4O4/c1-15(2)7-14(20)8-16(3,9-15)10-19-13-5-11(17)4-12(18)6-13;5-3(6)1-2-4(7)8/h4-6,14,19-20H,7-10H2,1-3H3;1-2H,(H,5,6)(H,7,8)/b;2-1+. The zero-order chi connectivity index (χ0) is 21.5. The largest absolute Gasteiger partial charge is 0.478 e. The average molecular weight is 416 g/mol. The van der Waals surface area contributed by atoms with Crippen LogP contribution in [0.4, 0.5) is 10.1 Å². The first-order valence-corrected chi connectivity index (χ1v) is 9.20. The Morgan fingerprint density at radius 3 is 2.21 bits per heavy atom. The Morgan fingerprint density at radius 2 is 1.75 bits per heavy atom. The summed E-state index contributed by atoms with van der Waals surface area (Å²) >= 11 is 5.85. The number of nitrogens with one attached hydrogen (secondary N) is 1. The van der Waals surface area contributed by atoms with Gasteiger partial charge >= 0.3 is 11.9 Å². The molecule has 156 valence electrons. The first-order chi connectivity index (χ1) is 12.8. The van der Waals surface area contributed by atoms with Gasteiger partial charge in [-0.1, -0.05) is 32.4 Å². The Hall–Kier alpha value is -2.12. The van der Waals surface area contributed by atoms with Crippen LogP contribution in [0.1, 0.15) is 40.0 Å². The number of aliphatic hydroxyl groups is 1. The predicted molar refractivity (Wildman–Crippen MR) is 106 cm³/mol. The molecule has 1 aliphatic carbocycles. The SMILES string of the molecule is CC1(C)CC(O)CC(C)(CNc2cc(F)cc(Cl)c2)C1.O=C(O)/C=C/C(=O)O. The summed E-state index contributed by atoms with van der Waals surface area (Å²) in [5.74, 6) is -2.85. The summed E-state index contributed by atoms with van der Waals surface area (Å²) < 4.78 is 13.3. The van der Waals surface area contributed by atoms with Crippen LogP contribution in [0.3, 0.4) is 0 Å². The molecule has 4 N–H and O–H groups in total. The highest BCUT2D eigenvalue weighted by molar-refractivity contribution is 6.30. The lowest BCUT2D eigenvalue weighted by molar-refractivity contribution is -0.134. The number of aliphatic carboxylic acids is 2. The Labute approximate surface area is 169 Å². The minimum Gasteiger partial charge on any atom is -0.478 e. The van der Waals surface area contributed by atoms with E-state index in [9.17, 15) is 19.1 Å². The van der Waals surface area contributed by atoms with Crippen LogP contribution < -0.4 is 5.32 Å². The van der Waals surface area contributed by atoms with Crippen molar-refractivity contribution in [2.75, 3.05) is 11.9 Å². The summed E-state index contributed by atoms with van der Waals surface area (Å²) in [6.45, 7) is 7.25. The van der Waals surface area contributed by atoms with Gasteiger partial charge in [-0.3, -0.25) is 0 Å². The Kier molecular flexibility index (Phi) is 8.45. The summed E-state index contributed by atoms with van der Waals surface area (Å²) in [6, 6.07) is 4.46. The van der Waals surface area contributed by atoms with E-state index in [-0.39, 0.29) is 22.8 Å². The van der Waals surface area contributed by atoms with Crippen LogP contribution in [0.5, 0.6) is 0 Å². The molecule has 1 fully saturated rings. The maximum Gasteiger partial charge on any atom is 0.328 e.